The van der Waals surface area contributed by atoms with Crippen LogP contribution in [-0.4, -0.2) is 14.8 Å². The van der Waals surface area contributed by atoms with E-state index in [1.54, 1.807) is 0 Å². The molecule has 1 aliphatic carbocycles. The van der Waals surface area contributed by atoms with Crippen LogP contribution in [0.2, 0.25) is 5.02 Å². The summed E-state index contributed by atoms with van der Waals surface area (Å²) in [5, 5.41) is 7.99. The summed E-state index contributed by atoms with van der Waals surface area (Å²) >= 11 is 11.4. The van der Waals surface area contributed by atoms with E-state index in [0.29, 0.717) is 17.4 Å². The van der Waals surface area contributed by atoms with Gasteiger partial charge in [0.2, 0.25) is 0 Å². The van der Waals surface area contributed by atoms with Gasteiger partial charge in [-0.05, 0) is 55.7 Å². The lowest BCUT2D eigenvalue weighted by Gasteiger charge is -2.24. The van der Waals surface area contributed by atoms with Gasteiger partial charge in [0.1, 0.15) is 12.4 Å². The third kappa shape index (κ3) is 3.36. The van der Waals surface area contributed by atoms with Gasteiger partial charge in [0.15, 0.2) is 10.6 Å². The first kappa shape index (κ1) is 15.6. The van der Waals surface area contributed by atoms with Crippen LogP contribution < -0.4 is 4.74 Å². The molecule has 118 valence electrons. The molecule has 1 N–H and O–H groups in total. The van der Waals surface area contributed by atoms with Crippen molar-refractivity contribution >= 4 is 23.8 Å². The van der Waals surface area contributed by atoms with Crippen LogP contribution in [0.5, 0.6) is 5.75 Å². The van der Waals surface area contributed by atoms with Crippen molar-refractivity contribution in [2.45, 2.75) is 51.7 Å². The second-order valence-electron chi connectivity index (χ2n) is 5.81. The molecular formula is C16H20ClN3OS. The number of hydrogen-bond acceptors (Lipinski definition) is 3. The molecule has 3 rings (SSSR count). The fraction of sp³-hybridized carbons (Fsp3) is 0.500. The lowest BCUT2D eigenvalue weighted by atomic mass is 9.95. The number of H-pyrrole nitrogens is 1. The Morgan fingerprint density at radius 1 is 1.36 bits per heavy atom. The highest BCUT2D eigenvalue weighted by Crippen LogP contribution is 2.29. The Bertz CT molecular complexity index is 704. The maximum Gasteiger partial charge on any atom is 0.195 e. The minimum absolute atomic E-state index is 0.407. The van der Waals surface area contributed by atoms with Crippen LogP contribution in [0, 0.1) is 11.7 Å². The predicted octanol–water partition coefficient (Wildman–Crippen LogP) is 4.99. The standard InChI is InChI=1S/C16H20ClN3OS/c1-11-9-13(7-8-14(11)17)21-10-15-18-19-16(22)20(15)12-5-3-2-4-6-12/h7-9,12H,2-6,10H2,1H3,(H,19,22). The van der Waals surface area contributed by atoms with E-state index < -0.39 is 0 Å². The van der Waals surface area contributed by atoms with Crippen LogP contribution in [0.25, 0.3) is 0 Å². The molecule has 0 spiro atoms. The third-order valence-electron chi connectivity index (χ3n) is 4.21. The van der Waals surface area contributed by atoms with E-state index in [2.05, 4.69) is 14.8 Å². The summed E-state index contributed by atoms with van der Waals surface area (Å²) in [6.07, 6.45) is 6.17. The highest BCUT2D eigenvalue weighted by Gasteiger charge is 2.20. The molecule has 6 heteroatoms. The highest BCUT2D eigenvalue weighted by molar-refractivity contribution is 7.71. The first-order valence-electron chi connectivity index (χ1n) is 7.70. The quantitative estimate of drug-likeness (QED) is 0.799. The van der Waals surface area contributed by atoms with Crippen molar-refractivity contribution in [3.8, 4) is 5.75 Å². The number of benzene rings is 1. The highest BCUT2D eigenvalue weighted by atomic mass is 35.5. The molecule has 1 aromatic heterocycles. The van der Waals surface area contributed by atoms with Crippen LogP contribution >= 0.6 is 23.8 Å². The number of halogens is 1. The molecule has 0 amide bonds. The second-order valence-corrected chi connectivity index (χ2v) is 6.60. The van der Waals surface area contributed by atoms with E-state index in [1.807, 2.05) is 25.1 Å². The summed E-state index contributed by atoms with van der Waals surface area (Å²) < 4.78 is 8.69. The number of rotatable bonds is 4. The molecule has 0 bridgehead atoms. The Labute approximate surface area is 140 Å². The Morgan fingerprint density at radius 3 is 2.86 bits per heavy atom. The van der Waals surface area contributed by atoms with Crippen molar-refractivity contribution in [1.29, 1.82) is 0 Å². The molecule has 1 heterocycles. The zero-order valence-corrected chi connectivity index (χ0v) is 14.2. The van der Waals surface area contributed by atoms with E-state index in [4.69, 9.17) is 28.6 Å². The summed E-state index contributed by atoms with van der Waals surface area (Å²) in [6, 6.07) is 6.12. The third-order valence-corrected chi connectivity index (χ3v) is 4.93. The zero-order valence-electron chi connectivity index (χ0n) is 12.6. The van der Waals surface area contributed by atoms with Gasteiger partial charge in [0, 0.05) is 11.1 Å². The van der Waals surface area contributed by atoms with Gasteiger partial charge in [-0.25, -0.2) is 0 Å². The molecule has 0 saturated heterocycles. The number of hydrogen-bond donors (Lipinski definition) is 1. The van der Waals surface area contributed by atoms with Crippen LogP contribution in [0.15, 0.2) is 18.2 Å². The van der Waals surface area contributed by atoms with Gasteiger partial charge in [0.25, 0.3) is 0 Å². The molecule has 0 atom stereocenters. The molecule has 2 aromatic rings. The van der Waals surface area contributed by atoms with Crippen molar-refractivity contribution in [3.63, 3.8) is 0 Å². The molecule has 1 fully saturated rings. The van der Waals surface area contributed by atoms with Gasteiger partial charge in [0.05, 0.1) is 0 Å². The molecule has 0 unspecified atom stereocenters. The minimum Gasteiger partial charge on any atom is -0.486 e. The van der Waals surface area contributed by atoms with E-state index in [0.717, 1.165) is 22.2 Å². The van der Waals surface area contributed by atoms with Crippen molar-refractivity contribution in [1.82, 2.24) is 14.8 Å². The number of nitrogens with zero attached hydrogens (tertiary/aromatic N) is 2. The molecule has 0 radical (unpaired) electrons. The van der Waals surface area contributed by atoms with Gasteiger partial charge >= 0.3 is 0 Å². The second kappa shape index (κ2) is 6.84. The molecule has 1 aromatic carbocycles. The summed E-state index contributed by atoms with van der Waals surface area (Å²) in [5.74, 6) is 1.66. The smallest absolute Gasteiger partial charge is 0.195 e. The first-order chi connectivity index (χ1) is 10.6. The summed E-state index contributed by atoms with van der Waals surface area (Å²) in [5.41, 5.74) is 1.00. The minimum atomic E-state index is 0.407. The maximum absolute atomic E-state index is 6.04. The molecule has 1 saturated carbocycles. The van der Waals surface area contributed by atoms with Crippen molar-refractivity contribution in [2.75, 3.05) is 0 Å². The SMILES string of the molecule is Cc1cc(OCc2n[nH]c(=S)n2C2CCCCC2)ccc1Cl. The zero-order chi connectivity index (χ0) is 15.5. The number of aryl methyl sites for hydroxylation is 1. The number of ether oxygens (including phenoxy) is 1. The van der Waals surface area contributed by atoms with Crippen molar-refractivity contribution in [2.24, 2.45) is 0 Å². The van der Waals surface area contributed by atoms with Crippen LogP contribution in [0.1, 0.15) is 49.5 Å². The normalized spacial score (nSPS) is 15.9. The van der Waals surface area contributed by atoms with Crippen LogP contribution in [-0.2, 0) is 6.61 Å². The van der Waals surface area contributed by atoms with Crippen LogP contribution in [0.4, 0.5) is 0 Å². The first-order valence-corrected chi connectivity index (χ1v) is 8.48. The van der Waals surface area contributed by atoms with Gasteiger partial charge in [-0.2, -0.15) is 5.10 Å². The summed E-state index contributed by atoms with van der Waals surface area (Å²) in [6.45, 7) is 2.37. The maximum atomic E-state index is 6.04. The average molecular weight is 338 g/mol. The fourth-order valence-corrected chi connectivity index (χ4v) is 3.43. The Hall–Kier alpha value is -1.33. The molecular weight excluding hydrogens is 318 g/mol. The Balaban J connectivity index is 1.75. The fourth-order valence-electron chi connectivity index (χ4n) is 3.01. The van der Waals surface area contributed by atoms with E-state index in [9.17, 15) is 0 Å². The van der Waals surface area contributed by atoms with Gasteiger partial charge in [-0.3, -0.25) is 9.67 Å². The van der Waals surface area contributed by atoms with E-state index >= 15 is 0 Å². The molecule has 22 heavy (non-hydrogen) atoms. The predicted molar refractivity (Wildman–Crippen MR) is 90.1 cm³/mol. The van der Waals surface area contributed by atoms with Crippen molar-refractivity contribution < 1.29 is 4.74 Å². The average Bonchev–Trinajstić information content (AvgIpc) is 2.90. The number of aromatic nitrogens is 3. The number of nitrogens with one attached hydrogen (secondary N) is 1. The van der Waals surface area contributed by atoms with Crippen molar-refractivity contribution in [3.05, 3.63) is 39.4 Å². The summed E-state index contributed by atoms with van der Waals surface area (Å²) in [7, 11) is 0. The lowest BCUT2D eigenvalue weighted by Crippen LogP contribution is -2.17. The lowest BCUT2D eigenvalue weighted by molar-refractivity contribution is 0.270. The Morgan fingerprint density at radius 2 is 2.14 bits per heavy atom. The molecule has 4 nitrogen and oxygen atoms in total. The van der Waals surface area contributed by atoms with Crippen LogP contribution in [0.3, 0.4) is 0 Å². The van der Waals surface area contributed by atoms with Gasteiger partial charge < -0.3 is 4.74 Å². The summed E-state index contributed by atoms with van der Waals surface area (Å²) in [4.78, 5) is 0. The Kier molecular flexibility index (Phi) is 4.84. The topological polar surface area (TPSA) is 42.8 Å². The van der Waals surface area contributed by atoms with E-state index in [-0.39, 0.29) is 0 Å². The molecule has 1 aliphatic rings. The van der Waals surface area contributed by atoms with E-state index in [1.165, 1.54) is 32.1 Å². The number of aromatic amines is 1. The van der Waals surface area contributed by atoms with Gasteiger partial charge in [-0.15, -0.1) is 0 Å². The monoisotopic (exact) mass is 337 g/mol. The molecule has 0 aliphatic heterocycles. The van der Waals surface area contributed by atoms with Gasteiger partial charge in [-0.1, -0.05) is 30.9 Å². The largest absolute Gasteiger partial charge is 0.486 e.